The maximum Gasteiger partial charge on any atom is -0.0414 e. The SMILES string of the molecule is CCC(C)CC(C)C(C)CCCCCC(C)C(C)C. The third kappa shape index (κ3) is 9.52. The molecule has 0 aliphatic heterocycles. The predicted octanol–water partition coefficient (Wildman–Crippen LogP) is 6.94. The molecule has 0 aromatic carbocycles. The summed E-state index contributed by atoms with van der Waals surface area (Å²) >= 11 is 0. The van der Waals surface area contributed by atoms with E-state index in [9.17, 15) is 0 Å². The Morgan fingerprint density at radius 3 is 1.63 bits per heavy atom. The van der Waals surface area contributed by atoms with Crippen molar-refractivity contribution in [2.45, 2.75) is 93.4 Å². The predicted molar refractivity (Wildman–Crippen MR) is 89.5 cm³/mol. The lowest BCUT2D eigenvalue weighted by molar-refractivity contribution is 0.287. The first-order chi connectivity index (χ1) is 8.88. The first kappa shape index (κ1) is 19.0. The van der Waals surface area contributed by atoms with Gasteiger partial charge in [-0.3, -0.25) is 0 Å². The van der Waals surface area contributed by atoms with Crippen LogP contribution in [0.15, 0.2) is 0 Å². The van der Waals surface area contributed by atoms with Crippen LogP contribution in [-0.4, -0.2) is 0 Å². The minimum absolute atomic E-state index is 0.856. The summed E-state index contributed by atoms with van der Waals surface area (Å²) in [4.78, 5) is 0. The molecule has 116 valence electrons. The molecule has 0 bridgehead atoms. The molecule has 0 rings (SSSR count). The van der Waals surface area contributed by atoms with Crippen molar-refractivity contribution in [3.05, 3.63) is 0 Å². The third-order valence-corrected chi connectivity index (χ3v) is 5.40. The van der Waals surface area contributed by atoms with Gasteiger partial charge in [-0.05, 0) is 36.0 Å². The smallest absolute Gasteiger partial charge is 0.0414 e. The number of rotatable bonds is 11. The van der Waals surface area contributed by atoms with E-state index in [0.717, 1.165) is 29.6 Å². The van der Waals surface area contributed by atoms with Crippen LogP contribution in [0.4, 0.5) is 0 Å². The van der Waals surface area contributed by atoms with E-state index in [1.807, 2.05) is 0 Å². The highest BCUT2D eigenvalue weighted by molar-refractivity contribution is 4.66. The number of unbranched alkanes of at least 4 members (excludes halogenated alkanes) is 2. The van der Waals surface area contributed by atoms with E-state index in [2.05, 4.69) is 48.5 Å². The monoisotopic (exact) mass is 268 g/mol. The Bertz CT molecular complexity index is 194. The zero-order valence-electron chi connectivity index (χ0n) is 14.8. The second kappa shape index (κ2) is 10.7. The zero-order chi connectivity index (χ0) is 14.8. The van der Waals surface area contributed by atoms with Gasteiger partial charge in [0, 0.05) is 0 Å². The first-order valence-corrected chi connectivity index (χ1v) is 8.88. The summed E-state index contributed by atoms with van der Waals surface area (Å²) in [6, 6.07) is 0. The van der Waals surface area contributed by atoms with Crippen LogP contribution in [0.2, 0.25) is 0 Å². The van der Waals surface area contributed by atoms with Crippen molar-refractivity contribution in [1.29, 1.82) is 0 Å². The normalized spacial score (nSPS) is 18.3. The molecular weight excluding hydrogens is 228 g/mol. The second-order valence-corrected chi connectivity index (χ2v) is 7.56. The van der Waals surface area contributed by atoms with Crippen LogP contribution in [0.5, 0.6) is 0 Å². The molecule has 0 nitrogen and oxygen atoms in total. The van der Waals surface area contributed by atoms with Crippen LogP contribution in [0.1, 0.15) is 93.4 Å². The van der Waals surface area contributed by atoms with Gasteiger partial charge in [-0.15, -0.1) is 0 Å². The molecule has 0 aliphatic carbocycles. The van der Waals surface area contributed by atoms with Gasteiger partial charge >= 0.3 is 0 Å². The molecule has 0 heteroatoms. The molecule has 0 amide bonds. The van der Waals surface area contributed by atoms with Gasteiger partial charge in [0.25, 0.3) is 0 Å². The first-order valence-electron chi connectivity index (χ1n) is 8.88. The van der Waals surface area contributed by atoms with E-state index in [1.54, 1.807) is 0 Å². The molecule has 0 saturated heterocycles. The molecule has 0 aliphatic rings. The molecule has 0 radical (unpaired) electrons. The van der Waals surface area contributed by atoms with Gasteiger partial charge in [0.15, 0.2) is 0 Å². The van der Waals surface area contributed by atoms with E-state index < -0.39 is 0 Å². The summed E-state index contributed by atoms with van der Waals surface area (Å²) in [6.07, 6.45) is 9.94. The molecule has 4 atom stereocenters. The quantitative estimate of drug-likeness (QED) is 0.356. The summed E-state index contributed by atoms with van der Waals surface area (Å²) in [5.41, 5.74) is 0. The van der Waals surface area contributed by atoms with E-state index in [4.69, 9.17) is 0 Å². The molecule has 0 aromatic rings. The minimum Gasteiger partial charge on any atom is -0.0651 e. The molecule has 0 heterocycles. The maximum atomic E-state index is 2.46. The van der Waals surface area contributed by atoms with Crippen LogP contribution >= 0.6 is 0 Å². The van der Waals surface area contributed by atoms with Crippen LogP contribution in [-0.2, 0) is 0 Å². The Kier molecular flexibility index (Phi) is 10.7. The van der Waals surface area contributed by atoms with E-state index in [1.165, 1.54) is 44.9 Å². The lowest BCUT2D eigenvalue weighted by Gasteiger charge is -2.23. The fraction of sp³-hybridized carbons (Fsp3) is 1.00. The Morgan fingerprint density at radius 1 is 0.632 bits per heavy atom. The molecule has 0 aromatic heterocycles. The van der Waals surface area contributed by atoms with E-state index in [0.29, 0.717) is 0 Å². The molecule has 19 heavy (non-hydrogen) atoms. The fourth-order valence-corrected chi connectivity index (χ4v) is 2.76. The highest BCUT2D eigenvalue weighted by Gasteiger charge is 2.14. The third-order valence-electron chi connectivity index (χ3n) is 5.40. The van der Waals surface area contributed by atoms with E-state index >= 15 is 0 Å². The zero-order valence-corrected chi connectivity index (χ0v) is 14.8. The Labute approximate surface area is 123 Å². The lowest BCUT2D eigenvalue weighted by atomic mass is 9.83. The molecular formula is C19H40. The molecule has 0 saturated carbocycles. The van der Waals surface area contributed by atoms with Crippen molar-refractivity contribution in [1.82, 2.24) is 0 Å². The molecule has 0 fully saturated rings. The van der Waals surface area contributed by atoms with Gasteiger partial charge < -0.3 is 0 Å². The van der Waals surface area contributed by atoms with Crippen LogP contribution in [0.25, 0.3) is 0 Å². The van der Waals surface area contributed by atoms with Crippen molar-refractivity contribution in [2.24, 2.45) is 29.6 Å². The van der Waals surface area contributed by atoms with Crippen molar-refractivity contribution >= 4 is 0 Å². The average molecular weight is 269 g/mol. The summed E-state index contributed by atoms with van der Waals surface area (Å²) in [5, 5.41) is 0. The molecule has 0 N–H and O–H groups in total. The van der Waals surface area contributed by atoms with Gasteiger partial charge in [-0.2, -0.15) is 0 Å². The van der Waals surface area contributed by atoms with Gasteiger partial charge in [0.2, 0.25) is 0 Å². The van der Waals surface area contributed by atoms with Crippen LogP contribution in [0, 0.1) is 29.6 Å². The standard InChI is InChI=1S/C19H40/c1-8-16(4)14-19(7)18(6)13-11-9-10-12-17(5)15(2)3/h15-19H,8-14H2,1-7H3. The lowest BCUT2D eigenvalue weighted by Crippen LogP contribution is -2.11. The van der Waals surface area contributed by atoms with Gasteiger partial charge in [-0.1, -0.05) is 87.0 Å². The second-order valence-electron chi connectivity index (χ2n) is 7.56. The summed E-state index contributed by atoms with van der Waals surface area (Å²) in [7, 11) is 0. The van der Waals surface area contributed by atoms with E-state index in [-0.39, 0.29) is 0 Å². The Morgan fingerprint density at radius 2 is 1.16 bits per heavy atom. The minimum atomic E-state index is 0.856. The number of hydrogen-bond donors (Lipinski definition) is 0. The van der Waals surface area contributed by atoms with Crippen LogP contribution < -0.4 is 0 Å². The molecule has 4 unspecified atom stereocenters. The van der Waals surface area contributed by atoms with Gasteiger partial charge in [0.1, 0.15) is 0 Å². The maximum absolute atomic E-state index is 2.46. The summed E-state index contributed by atoms with van der Waals surface area (Å²) < 4.78 is 0. The topological polar surface area (TPSA) is 0 Å². The van der Waals surface area contributed by atoms with Crippen LogP contribution in [0.3, 0.4) is 0 Å². The highest BCUT2D eigenvalue weighted by atomic mass is 14.2. The average Bonchev–Trinajstić information content (AvgIpc) is 2.37. The summed E-state index contributed by atoms with van der Waals surface area (Å²) in [6.45, 7) is 16.7. The van der Waals surface area contributed by atoms with Crippen molar-refractivity contribution in [3.63, 3.8) is 0 Å². The molecule has 0 spiro atoms. The summed E-state index contributed by atoms with van der Waals surface area (Å²) in [5.74, 6) is 4.49. The highest BCUT2D eigenvalue weighted by Crippen LogP contribution is 2.26. The Hall–Kier alpha value is 0. The number of hydrogen-bond acceptors (Lipinski definition) is 0. The fourth-order valence-electron chi connectivity index (χ4n) is 2.76. The van der Waals surface area contributed by atoms with Crippen molar-refractivity contribution in [3.8, 4) is 0 Å². The Balaban J connectivity index is 3.60. The van der Waals surface area contributed by atoms with Gasteiger partial charge in [0.05, 0.1) is 0 Å². The van der Waals surface area contributed by atoms with Crippen molar-refractivity contribution in [2.75, 3.05) is 0 Å². The van der Waals surface area contributed by atoms with Gasteiger partial charge in [-0.25, -0.2) is 0 Å². The largest absolute Gasteiger partial charge is 0.0651 e. The van der Waals surface area contributed by atoms with Crippen molar-refractivity contribution < 1.29 is 0 Å².